The van der Waals surface area contributed by atoms with Gasteiger partial charge in [0.25, 0.3) is 0 Å². The van der Waals surface area contributed by atoms with Crippen molar-refractivity contribution in [2.24, 2.45) is 5.92 Å². The van der Waals surface area contributed by atoms with Gasteiger partial charge in [-0.05, 0) is 67.5 Å². The zero-order chi connectivity index (χ0) is 28.8. The molecule has 1 aromatic heterocycles. The Hall–Kier alpha value is -3.12. The van der Waals surface area contributed by atoms with Gasteiger partial charge in [0.05, 0.1) is 6.61 Å². The van der Waals surface area contributed by atoms with Gasteiger partial charge in [-0.3, -0.25) is 0 Å². The monoisotopic (exact) mass is 572 g/mol. The molecule has 1 atom stereocenters. The Morgan fingerprint density at radius 3 is 2.12 bits per heavy atom. The topological polar surface area (TPSA) is 62.7 Å². The van der Waals surface area contributed by atoms with Gasteiger partial charge >= 0.3 is 0 Å². The van der Waals surface area contributed by atoms with Crippen molar-refractivity contribution in [2.45, 2.75) is 103 Å². The highest BCUT2D eigenvalue weighted by Crippen LogP contribution is 2.38. The van der Waals surface area contributed by atoms with Crippen LogP contribution in [0.4, 0.5) is 0 Å². The standard InChI is InChI=1S/C36H48N2O4/c1-2-3-4-9-22-39-23-11-8-13-35-41-33-21-18-30(25-34(33)42-35)36-37-26-31(27-38-36)29-16-19-32(20-17-29)40-24-10-6-5-7-12-28-14-15-28/h16-21,25-28,35H,2-15,22-24H2,1H3. The van der Waals surface area contributed by atoms with Gasteiger partial charge in [0, 0.05) is 43.2 Å². The number of unbranched alkanes of at least 4 members (excludes halogenated alkanes) is 7. The number of fused-ring (bicyclic) bond motifs is 1. The van der Waals surface area contributed by atoms with Gasteiger partial charge in [-0.25, -0.2) is 9.97 Å². The Morgan fingerprint density at radius 2 is 1.33 bits per heavy atom. The van der Waals surface area contributed by atoms with Crippen LogP contribution in [-0.2, 0) is 4.74 Å². The van der Waals surface area contributed by atoms with Crippen molar-refractivity contribution < 1.29 is 18.9 Å². The molecule has 42 heavy (non-hydrogen) atoms. The average Bonchev–Trinajstić information content (AvgIpc) is 3.76. The molecule has 0 bridgehead atoms. The third-order valence-corrected chi connectivity index (χ3v) is 8.15. The van der Waals surface area contributed by atoms with Crippen molar-refractivity contribution in [3.05, 3.63) is 54.9 Å². The van der Waals surface area contributed by atoms with Crippen molar-refractivity contribution in [3.63, 3.8) is 0 Å². The zero-order valence-electron chi connectivity index (χ0n) is 25.4. The summed E-state index contributed by atoms with van der Waals surface area (Å²) < 4.78 is 23.8. The minimum atomic E-state index is -0.244. The fourth-order valence-corrected chi connectivity index (χ4v) is 5.36. The lowest BCUT2D eigenvalue weighted by molar-refractivity contribution is 0.0366. The van der Waals surface area contributed by atoms with E-state index in [4.69, 9.17) is 18.9 Å². The second-order valence-electron chi connectivity index (χ2n) is 11.8. The number of hydrogen-bond donors (Lipinski definition) is 0. The summed E-state index contributed by atoms with van der Waals surface area (Å²) in [6.45, 7) is 4.69. The van der Waals surface area contributed by atoms with E-state index in [0.29, 0.717) is 5.82 Å². The quantitative estimate of drug-likeness (QED) is 0.126. The van der Waals surface area contributed by atoms with Gasteiger partial charge in [-0.15, -0.1) is 0 Å². The normalized spacial score (nSPS) is 15.7. The smallest absolute Gasteiger partial charge is 0.241 e. The van der Waals surface area contributed by atoms with Crippen LogP contribution in [0, 0.1) is 5.92 Å². The molecule has 3 aromatic rings. The number of hydrogen-bond acceptors (Lipinski definition) is 6. The van der Waals surface area contributed by atoms with E-state index in [0.717, 1.165) is 91.8 Å². The predicted molar refractivity (Wildman–Crippen MR) is 168 cm³/mol. The first-order valence-corrected chi connectivity index (χ1v) is 16.4. The molecule has 2 heterocycles. The third-order valence-electron chi connectivity index (χ3n) is 8.15. The van der Waals surface area contributed by atoms with E-state index >= 15 is 0 Å². The Kier molecular flexibility index (Phi) is 11.9. The molecule has 226 valence electrons. The molecule has 1 aliphatic carbocycles. The van der Waals surface area contributed by atoms with E-state index in [9.17, 15) is 0 Å². The highest BCUT2D eigenvalue weighted by Gasteiger charge is 2.24. The van der Waals surface area contributed by atoms with Crippen molar-refractivity contribution in [2.75, 3.05) is 19.8 Å². The van der Waals surface area contributed by atoms with Gasteiger partial charge < -0.3 is 18.9 Å². The average molecular weight is 573 g/mol. The molecular weight excluding hydrogens is 524 g/mol. The van der Waals surface area contributed by atoms with Crippen molar-refractivity contribution in [1.29, 1.82) is 0 Å². The van der Waals surface area contributed by atoms with E-state index in [2.05, 4.69) is 29.0 Å². The molecule has 1 fully saturated rings. The molecule has 6 nitrogen and oxygen atoms in total. The van der Waals surface area contributed by atoms with Gasteiger partial charge in [0.15, 0.2) is 17.3 Å². The van der Waals surface area contributed by atoms with Crippen LogP contribution in [0.2, 0.25) is 0 Å². The molecule has 2 aliphatic rings. The summed E-state index contributed by atoms with van der Waals surface area (Å²) in [5, 5.41) is 0. The largest absolute Gasteiger partial charge is 0.494 e. The van der Waals surface area contributed by atoms with E-state index in [1.54, 1.807) is 0 Å². The summed E-state index contributed by atoms with van der Waals surface area (Å²) in [6.07, 6.45) is 20.8. The van der Waals surface area contributed by atoms with Crippen LogP contribution in [-0.4, -0.2) is 36.1 Å². The Balaban J connectivity index is 1.01. The molecule has 1 unspecified atom stereocenters. The van der Waals surface area contributed by atoms with Crippen molar-refractivity contribution in [3.8, 4) is 39.8 Å². The Morgan fingerprint density at radius 1 is 0.667 bits per heavy atom. The SMILES string of the molecule is CCCCCCOCCCCC1Oc2ccc(-c3ncc(-c4ccc(OCCCCCCC5CC5)cc4)cn3)cc2O1. The van der Waals surface area contributed by atoms with E-state index in [1.165, 1.54) is 57.8 Å². The predicted octanol–water partition coefficient (Wildman–Crippen LogP) is 9.41. The lowest BCUT2D eigenvalue weighted by Gasteiger charge is -2.10. The molecule has 2 aromatic carbocycles. The van der Waals surface area contributed by atoms with Crippen molar-refractivity contribution in [1.82, 2.24) is 9.97 Å². The van der Waals surface area contributed by atoms with Crippen LogP contribution in [0.5, 0.6) is 17.2 Å². The highest BCUT2D eigenvalue weighted by molar-refractivity contribution is 5.66. The Bertz CT molecular complexity index is 1190. The van der Waals surface area contributed by atoms with Crippen LogP contribution in [0.3, 0.4) is 0 Å². The lowest BCUT2D eigenvalue weighted by atomic mass is 10.1. The van der Waals surface area contributed by atoms with Crippen LogP contribution in [0.1, 0.15) is 96.8 Å². The van der Waals surface area contributed by atoms with E-state index in [1.807, 2.05) is 42.7 Å². The summed E-state index contributed by atoms with van der Waals surface area (Å²) in [4.78, 5) is 9.28. The van der Waals surface area contributed by atoms with Gasteiger partial charge in [0.2, 0.25) is 6.29 Å². The summed E-state index contributed by atoms with van der Waals surface area (Å²) >= 11 is 0. The molecule has 1 aliphatic heterocycles. The van der Waals surface area contributed by atoms with E-state index < -0.39 is 0 Å². The lowest BCUT2D eigenvalue weighted by Crippen LogP contribution is -2.17. The first-order chi connectivity index (χ1) is 20.8. The molecule has 5 rings (SSSR count). The summed E-state index contributed by atoms with van der Waals surface area (Å²) in [5.41, 5.74) is 2.97. The maximum Gasteiger partial charge on any atom is 0.241 e. The molecule has 0 radical (unpaired) electrons. The molecule has 0 spiro atoms. The summed E-state index contributed by atoms with van der Waals surface area (Å²) in [7, 11) is 0. The van der Waals surface area contributed by atoms with Crippen LogP contribution >= 0.6 is 0 Å². The number of nitrogens with zero attached hydrogens (tertiary/aromatic N) is 2. The number of benzene rings is 2. The molecule has 1 saturated carbocycles. The zero-order valence-corrected chi connectivity index (χ0v) is 25.4. The van der Waals surface area contributed by atoms with Crippen molar-refractivity contribution >= 4 is 0 Å². The first-order valence-electron chi connectivity index (χ1n) is 16.4. The molecule has 6 heteroatoms. The summed E-state index contributed by atoms with van der Waals surface area (Å²) in [5.74, 6) is 4.17. The van der Waals surface area contributed by atoms with Gasteiger partial charge in [-0.1, -0.05) is 76.8 Å². The van der Waals surface area contributed by atoms with Crippen LogP contribution in [0.25, 0.3) is 22.5 Å². The molecule has 0 saturated heterocycles. The van der Waals surface area contributed by atoms with Crippen LogP contribution in [0.15, 0.2) is 54.9 Å². The fourth-order valence-electron chi connectivity index (χ4n) is 5.36. The summed E-state index contributed by atoms with van der Waals surface area (Å²) in [6, 6.07) is 14.1. The van der Waals surface area contributed by atoms with Crippen LogP contribution < -0.4 is 14.2 Å². The second-order valence-corrected chi connectivity index (χ2v) is 11.8. The van der Waals surface area contributed by atoms with E-state index in [-0.39, 0.29) is 6.29 Å². The maximum atomic E-state index is 6.08. The van der Waals surface area contributed by atoms with Gasteiger partial charge in [0.1, 0.15) is 5.75 Å². The Labute approximate surface area is 252 Å². The molecule has 0 amide bonds. The second kappa shape index (κ2) is 16.5. The minimum absolute atomic E-state index is 0.244. The number of ether oxygens (including phenoxy) is 4. The molecular formula is C36H48N2O4. The maximum absolute atomic E-state index is 6.08. The van der Waals surface area contributed by atoms with Gasteiger partial charge in [-0.2, -0.15) is 0 Å². The molecule has 0 N–H and O–H groups in total. The number of aromatic nitrogens is 2. The first kappa shape index (κ1) is 30.3. The highest BCUT2D eigenvalue weighted by atomic mass is 16.7. The third kappa shape index (κ3) is 9.72. The minimum Gasteiger partial charge on any atom is -0.494 e. The fraction of sp³-hybridized carbons (Fsp3) is 0.556. The number of rotatable bonds is 20.